The number of rotatable bonds is 2. The minimum Gasteiger partial charge on any atom is -0.477 e. The minimum atomic E-state index is -1.03. The lowest BCUT2D eigenvalue weighted by Crippen LogP contribution is -2.05. The molecular weight excluding hydrogens is 251 g/mol. The van der Waals surface area contributed by atoms with Gasteiger partial charge in [-0.15, -0.1) is 12.4 Å². The van der Waals surface area contributed by atoms with Gasteiger partial charge in [-0.05, 0) is 12.1 Å². The SMILES string of the molecule is Cl.O=C(O)c1cncn1-c1ccccc1Cl. The Morgan fingerprint density at radius 3 is 2.69 bits per heavy atom. The van der Waals surface area contributed by atoms with Gasteiger partial charge in [-0.1, -0.05) is 23.7 Å². The van der Waals surface area contributed by atoms with Gasteiger partial charge in [0.25, 0.3) is 0 Å². The fraction of sp³-hybridized carbons (Fsp3) is 0. The lowest BCUT2D eigenvalue weighted by molar-refractivity contribution is 0.0688. The van der Waals surface area contributed by atoms with Crippen LogP contribution >= 0.6 is 24.0 Å². The average molecular weight is 259 g/mol. The largest absolute Gasteiger partial charge is 0.477 e. The number of nitrogens with zero attached hydrogens (tertiary/aromatic N) is 2. The zero-order chi connectivity index (χ0) is 10.8. The van der Waals surface area contributed by atoms with Crippen LogP contribution in [-0.4, -0.2) is 20.6 Å². The Morgan fingerprint density at radius 2 is 2.06 bits per heavy atom. The molecule has 0 aliphatic heterocycles. The van der Waals surface area contributed by atoms with Gasteiger partial charge in [0, 0.05) is 0 Å². The number of carboxylic acids is 1. The number of hydrogen-bond donors (Lipinski definition) is 1. The van der Waals surface area contributed by atoms with Gasteiger partial charge in [0.2, 0.25) is 0 Å². The molecule has 16 heavy (non-hydrogen) atoms. The van der Waals surface area contributed by atoms with Crippen LogP contribution in [0.2, 0.25) is 5.02 Å². The van der Waals surface area contributed by atoms with E-state index in [2.05, 4.69) is 4.98 Å². The number of benzene rings is 1. The van der Waals surface area contributed by atoms with E-state index < -0.39 is 5.97 Å². The third kappa shape index (κ3) is 2.18. The van der Waals surface area contributed by atoms with Gasteiger partial charge in [0.05, 0.1) is 23.2 Å². The number of aromatic nitrogens is 2. The molecule has 2 rings (SSSR count). The van der Waals surface area contributed by atoms with Crippen LogP contribution in [0.3, 0.4) is 0 Å². The fourth-order valence-corrected chi connectivity index (χ4v) is 1.52. The number of carbonyl (C=O) groups is 1. The number of carboxylic acid groups (broad SMARTS) is 1. The summed E-state index contributed by atoms with van der Waals surface area (Å²) in [6.07, 6.45) is 2.70. The molecule has 0 spiro atoms. The molecule has 4 nitrogen and oxygen atoms in total. The molecule has 0 unspecified atom stereocenters. The van der Waals surface area contributed by atoms with Crippen molar-refractivity contribution < 1.29 is 9.90 Å². The van der Waals surface area contributed by atoms with Crippen LogP contribution in [0.25, 0.3) is 5.69 Å². The Kier molecular flexibility index (Phi) is 3.93. The molecule has 84 valence electrons. The van der Waals surface area contributed by atoms with Crippen molar-refractivity contribution in [3.8, 4) is 5.69 Å². The van der Waals surface area contributed by atoms with Crippen LogP contribution in [0.5, 0.6) is 0 Å². The average Bonchev–Trinajstić information content (AvgIpc) is 2.67. The first-order valence-electron chi connectivity index (χ1n) is 4.20. The topological polar surface area (TPSA) is 55.1 Å². The van der Waals surface area contributed by atoms with Crippen molar-refractivity contribution in [2.24, 2.45) is 0 Å². The zero-order valence-electron chi connectivity index (χ0n) is 8.00. The van der Waals surface area contributed by atoms with Gasteiger partial charge in [-0.3, -0.25) is 4.57 Å². The first-order valence-corrected chi connectivity index (χ1v) is 4.58. The van der Waals surface area contributed by atoms with Gasteiger partial charge in [0.15, 0.2) is 5.69 Å². The van der Waals surface area contributed by atoms with Crippen molar-refractivity contribution in [2.45, 2.75) is 0 Å². The molecule has 1 N–H and O–H groups in total. The summed E-state index contributed by atoms with van der Waals surface area (Å²) in [7, 11) is 0. The molecule has 0 amide bonds. The monoisotopic (exact) mass is 258 g/mol. The van der Waals surface area contributed by atoms with E-state index >= 15 is 0 Å². The molecular formula is C10H8Cl2N2O2. The standard InChI is InChI=1S/C10H7ClN2O2.ClH/c11-7-3-1-2-4-8(7)13-6-12-5-9(13)10(14)15;/h1-6H,(H,14,15);1H. The number of hydrogen-bond acceptors (Lipinski definition) is 2. The van der Waals surface area contributed by atoms with Gasteiger partial charge >= 0.3 is 5.97 Å². The summed E-state index contributed by atoms with van der Waals surface area (Å²) in [5.41, 5.74) is 0.692. The number of para-hydroxylation sites is 1. The Hall–Kier alpha value is -1.52. The van der Waals surface area contributed by atoms with Crippen molar-refractivity contribution in [2.75, 3.05) is 0 Å². The first kappa shape index (κ1) is 12.5. The van der Waals surface area contributed by atoms with Crippen LogP contribution < -0.4 is 0 Å². The van der Waals surface area contributed by atoms with E-state index in [0.29, 0.717) is 10.7 Å². The van der Waals surface area contributed by atoms with Crippen LogP contribution in [0, 0.1) is 0 Å². The molecule has 1 aromatic carbocycles. The molecule has 0 saturated carbocycles. The summed E-state index contributed by atoms with van der Waals surface area (Å²) in [5.74, 6) is -1.03. The summed E-state index contributed by atoms with van der Waals surface area (Å²) >= 11 is 5.95. The van der Waals surface area contributed by atoms with Crippen molar-refractivity contribution >= 4 is 30.0 Å². The zero-order valence-corrected chi connectivity index (χ0v) is 9.57. The van der Waals surface area contributed by atoms with E-state index in [9.17, 15) is 4.79 Å². The second kappa shape index (κ2) is 5.01. The number of halogens is 2. The van der Waals surface area contributed by atoms with E-state index in [0.717, 1.165) is 0 Å². The molecule has 1 aromatic heterocycles. The van der Waals surface area contributed by atoms with Gasteiger partial charge in [0.1, 0.15) is 0 Å². The van der Waals surface area contributed by atoms with Gasteiger partial charge in [-0.2, -0.15) is 0 Å². The molecule has 0 aliphatic rings. The molecule has 0 fully saturated rings. The lowest BCUT2D eigenvalue weighted by atomic mass is 10.3. The molecule has 0 saturated heterocycles. The van der Waals surface area contributed by atoms with E-state index in [-0.39, 0.29) is 18.1 Å². The number of imidazole rings is 1. The molecule has 0 bridgehead atoms. The predicted octanol–water partition coefficient (Wildman–Crippen LogP) is 2.65. The fourth-order valence-electron chi connectivity index (χ4n) is 1.29. The maximum atomic E-state index is 10.9. The van der Waals surface area contributed by atoms with Crippen molar-refractivity contribution in [3.63, 3.8) is 0 Å². The predicted molar refractivity (Wildman–Crippen MR) is 62.8 cm³/mol. The highest BCUT2D eigenvalue weighted by atomic mass is 35.5. The first-order chi connectivity index (χ1) is 7.20. The van der Waals surface area contributed by atoms with Gasteiger partial charge < -0.3 is 5.11 Å². The Morgan fingerprint density at radius 1 is 1.38 bits per heavy atom. The van der Waals surface area contributed by atoms with Gasteiger partial charge in [-0.25, -0.2) is 9.78 Å². The maximum Gasteiger partial charge on any atom is 0.354 e. The molecule has 0 aliphatic carbocycles. The summed E-state index contributed by atoms with van der Waals surface area (Å²) in [5, 5.41) is 9.39. The van der Waals surface area contributed by atoms with E-state index in [4.69, 9.17) is 16.7 Å². The van der Waals surface area contributed by atoms with Crippen LogP contribution in [-0.2, 0) is 0 Å². The third-order valence-corrected chi connectivity index (χ3v) is 2.29. The molecule has 6 heteroatoms. The second-order valence-electron chi connectivity index (χ2n) is 2.91. The Bertz CT molecular complexity index is 511. The molecule has 0 radical (unpaired) electrons. The summed E-state index contributed by atoms with van der Waals surface area (Å²) in [4.78, 5) is 14.6. The highest BCUT2D eigenvalue weighted by molar-refractivity contribution is 6.32. The summed E-state index contributed by atoms with van der Waals surface area (Å²) in [6, 6.07) is 7.00. The molecule has 1 heterocycles. The van der Waals surface area contributed by atoms with Crippen molar-refractivity contribution in [3.05, 3.63) is 47.5 Å². The van der Waals surface area contributed by atoms with E-state index in [1.54, 1.807) is 24.3 Å². The number of aromatic carboxylic acids is 1. The van der Waals surface area contributed by atoms with Crippen LogP contribution in [0.15, 0.2) is 36.8 Å². The Labute approximate surface area is 103 Å². The Balaban J connectivity index is 0.00000128. The highest BCUT2D eigenvalue weighted by Crippen LogP contribution is 2.20. The third-order valence-electron chi connectivity index (χ3n) is 1.97. The smallest absolute Gasteiger partial charge is 0.354 e. The van der Waals surface area contributed by atoms with Crippen molar-refractivity contribution in [1.82, 2.24) is 9.55 Å². The van der Waals surface area contributed by atoms with Crippen LogP contribution in [0.4, 0.5) is 0 Å². The highest BCUT2D eigenvalue weighted by Gasteiger charge is 2.12. The van der Waals surface area contributed by atoms with Crippen molar-refractivity contribution in [1.29, 1.82) is 0 Å². The summed E-state index contributed by atoms with van der Waals surface area (Å²) < 4.78 is 1.44. The lowest BCUT2D eigenvalue weighted by Gasteiger charge is -2.06. The molecule has 2 aromatic rings. The maximum absolute atomic E-state index is 10.9. The summed E-state index contributed by atoms with van der Waals surface area (Å²) in [6.45, 7) is 0. The minimum absolute atomic E-state index is 0. The van der Waals surface area contributed by atoms with Crippen LogP contribution in [0.1, 0.15) is 10.5 Å². The van der Waals surface area contributed by atoms with E-state index in [1.165, 1.54) is 17.1 Å². The normalized spacial score (nSPS) is 9.56. The van der Waals surface area contributed by atoms with E-state index in [1.807, 2.05) is 0 Å². The molecule has 0 atom stereocenters. The second-order valence-corrected chi connectivity index (χ2v) is 3.31. The quantitative estimate of drug-likeness (QED) is 0.901.